The molecule has 0 aromatic heterocycles. The van der Waals surface area contributed by atoms with Gasteiger partial charge in [0.1, 0.15) is 4.90 Å². The summed E-state index contributed by atoms with van der Waals surface area (Å²) in [5.74, 6) is 0.506. The average molecular weight is 458 g/mol. The van der Waals surface area contributed by atoms with Gasteiger partial charge in [0.2, 0.25) is 10.0 Å². The van der Waals surface area contributed by atoms with Crippen LogP contribution in [-0.4, -0.2) is 64.7 Å². The van der Waals surface area contributed by atoms with Crippen molar-refractivity contribution in [3.05, 3.63) is 28.8 Å². The first-order valence-corrected chi connectivity index (χ1v) is 12.6. The standard InChI is InChI=1S/C21H32ClN3O4S/c1-16-7-11-25(12-8-16)10-3-9-23-21(26)17-5-6-19(22)20(14-17)30(27,28)24-15-18-4-2-13-29-18/h5-6,14,16,18,24H,2-4,7-13,15H2,1H3,(H,23,26). The summed E-state index contributed by atoms with van der Waals surface area (Å²) < 4.78 is 33.3. The highest BCUT2D eigenvalue weighted by Gasteiger charge is 2.23. The Morgan fingerprint density at radius 2 is 2.03 bits per heavy atom. The molecule has 1 amide bonds. The number of piperidine rings is 1. The van der Waals surface area contributed by atoms with E-state index in [9.17, 15) is 13.2 Å². The van der Waals surface area contributed by atoms with Crippen LogP contribution < -0.4 is 10.0 Å². The van der Waals surface area contributed by atoms with Gasteiger partial charge in [0.15, 0.2) is 0 Å². The molecule has 2 heterocycles. The minimum Gasteiger partial charge on any atom is -0.377 e. The zero-order valence-corrected chi connectivity index (χ0v) is 19.1. The number of carbonyl (C=O) groups excluding carboxylic acids is 1. The molecule has 30 heavy (non-hydrogen) atoms. The lowest BCUT2D eigenvalue weighted by Gasteiger charge is -2.30. The first-order valence-electron chi connectivity index (χ1n) is 10.8. The van der Waals surface area contributed by atoms with Crippen molar-refractivity contribution >= 4 is 27.5 Å². The normalized spacial score (nSPS) is 21.1. The number of ether oxygens (including phenoxy) is 1. The van der Waals surface area contributed by atoms with Crippen LogP contribution in [0, 0.1) is 5.92 Å². The number of hydrogen-bond donors (Lipinski definition) is 2. The van der Waals surface area contributed by atoms with E-state index in [1.54, 1.807) is 6.07 Å². The third-order valence-electron chi connectivity index (χ3n) is 5.82. The lowest BCUT2D eigenvalue weighted by Crippen LogP contribution is -2.35. The van der Waals surface area contributed by atoms with E-state index in [1.807, 2.05) is 0 Å². The van der Waals surface area contributed by atoms with E-state index in [2.05, 4.69) is 21.9 Å². The van der Waals surface area contributed by atoms with Gasteiger partial charge >= 0.3 is 0 Å². The molecule has 3 rings (SSSR count). The summed E-state index contributed by atoms with van der Waals surface area (Å²) in [6.07, 6.45) is 4.97. The molecule has 0 bridgehead atoms. The number of halogens is 1. The SMILES string of the molecule is CC1CCN(CCCNC(=O)c2ccc(Cl)c(S(=O)(=O)NCC3CCCO3)c2)CC1. The first kappa shape index (κ1) is 23.5. The number of rotatable bonds is 9. The van der Waals surface area contributed by atoms with E-state index < -0.39 is 10.0 Å². The number of sulfonamides is 1. The van der Waals surface area contributed by atoms with Crippen molar-refractivity contribution in [2.45, 2.75) is 50.0 Å². The second-order valence-corrected chi connectivity index (χ2v) is 10.4. The lowest BCUT2D eigenvalue weighted by atomic mass is 9.99. The number of amides is 1. The Morgan fingerprint density at radius 3 is 2.73 bits per heavy atom. The number of nitrogens with zero attached hydrogens (tertiary/aromatic N) is 1. The molecule has 0 aliphatic carbocycles. The maximum Gasteiger partial charge on any atom is 0.251 e. The fourth-order valence-corrected chi connectivity index (χ4v) is 5.42. The number of nitrogens with one attached hydrogen (secondary N) is 2. The average Bonchev–Trinajstić information content (AvgIpc) is 3.25. The van der Waals surface area contributed by atoms with Gasteiger partial charge in [0.05, 0.1) is 11.1 Å². The fraction of sp³-hybridized carbons (Fsp3) is 0.667. The summed E-state index contributed by atoms with van der Waals surface area (Å²) in [5.41, 5.74) is 0.281. The fourth-order valence-electron chi connectivity index (χ4n) is 3.83. The molecule has 2 fully saturated rings. The van der Waals surface area contributed by atoms with Crippen molar-refractivity contribution in [1.29, 1.82) is 0 Å². The number of benzene rings is 1. The van der Waals surface area contributed by atoms with Gasteiger partial charge in [0.25, 0.3) is 5.91 Å². The van der Waals surface area contributed by atoms with Crippen LogP contribution in [-0.2, 0) is 14.8 Å². The van der Waals surface area contributed by atoms with Crippen LogP contribution in [0.3, 0.4) is 0 Å². The predicted octanol–water partition coefficient (Wildman–Crippen LogP) is 2.65. The third-order valence-corrected chi connectivity index (χ3v) is 7.73. The van der Waals surface area contributed by atoms with Crippen LogP contribution in [0.5, 0.6) is 0 Å². The monoisotopic (exact) mass is 457 g/mol. The number of likely N-dealkylation sites (tertiary alicyclic amines) is 1. The predicted molar refractivity (Wildman–Crippen MR) is 117 cm³/mol. The van der Waals surface area contributed by atoms with E-state index in [-0.39, 0.29) is 34.0 Å². The van der Waals surface area contributed by atoms with Gasteiger partial charge < -0.3 is 15.0 Å². The van der Waals surface area contributed by atoms with Crippen LogP contribution in [0.2, 0.25) is 5.02 Å². The van der Waals surface area contributed by atoms with Crippen molar-refractivity contribution in [1.82, 2.24) is 14.9 Å². The molecule has 1 aromatic rings. The molecule has 9 heteroatoms. The first-order chi connectivity index (χ1) is 14.3. The Balaban J connectivity index is 1.51. The smallest absolute Gasteiger partial charge is 0.251 e. The Kier molecular flexibility index (Phi) is 8.53. The molecule has 2 N–H and O–H groups in total. The van der Waals surface area contributed by atoms with Crippen LogP contribution in [0.4, 0.5) is 0 Å². The second kappa shape index (κ2) is 10.9. The maximum atomic E-state index is 12.7. The zero-order valence-electron chi connectivity index (χ0n) is 17.5. The summed E-state index contributed by atoms with van der Waals surface area (Å²) in [6, 6.07) is 4.33. The van der Waals surface area contributed by atoms with Crippen molar-refractivity contribution in [2.24, 2.45) is 5.92 Å². The summed E-state index contributed by atoms with van der Waals surface area (Å²) >= 11 is 6.12. The van der Waals surface area contributed by atoms with Gasteiger partial charge in [0, 0.05) is 25.3 Å². The minimum atomic E-state index is -3.83. The largest absolute Gasteiger partial charge is 0.377 e. The lowest BCUT2D eigenvalue weighted by molar-refractivity contribution is 0.0950. The van der Waals surface area contributed by atoms with Crippen LogP contribution in [0.1, 0.15) is 49.4 Å². The molecule has 2 saturated heterocycles. The molecule has 2 aliphatic heterocycles. The van der Waals surface area contributed by atoms with Gasteiger partial charge in [-0.3, -0.25) is 4.79 Å². The maximum absolute atomic E-state index is 12.7. The van der Waals surface area contributed by atoms with E-state index in [1.165, 1.54) is 25.0 Å². The van der Waals surface area contributed by atoms with Gasteiger partial charge in [-0.25, -0.2) is 13.1 Å². The minimum absolute atomic E-state index is 0.0859. The molecule has 1 unspecified atom stereocenters. The van der Waals surface area contributed by atoms with Gasteiger partial charge in [-0.05, 0) is 75.9 Å². The van der Waals surface area contributed by atoms with Crippen molar-refractivity contribution in [3.8, 4) is 0 Å². The van der Waals surface area contributed by atoms with E-state index >= 15 is 0 Å². The van der Waals surface area contributed by atoms with E-state index in [4.69, 9.17) is 16.3 Å². The van der Waals surface area contributed by atoms with Gasteiger partial charge in [-0.1, -0.05) is 18.5 Å². The zero-order chi connectivity index (χ0) is 21.6. The van der Waals surface area contributed by atoms with Crippen LogP contribution in [0.25, 0.3) is 0 Å². The Labute approximate surface area is 184 Å². The van der Waals surface area contributed by atoms with Crippen molar-refractivity contribution in [2.75, 3.05) is 39.3 Å². The molecule has 1 atom stereocenters. The topological polar surface area (TPSA) is 87.7 Å². The quantitative estimate of drug-likeness (QED) is 0.556. The second-order valence-electron chi connectivity index (χ2n) is 8.27. The van der Waals surface area contributed by atoms with Crippen molar-refractivity contribution in [3.63, 3.8) is 0 Å². The molecule has 0 spiro atoms. The highest BCUT2D eigenvalue weighted by Crippen LogP contribution is 2.23. The molecule has 168 valence electrons. The molecule has 0 radical (unpaired) electrons. The Morgan fingerprint density at radius 1 is 1.27 bits per heavy atom. The Bertz CT molecular complexity index is 820. The molecule has 7 nitrogen and oxygen atoms in total. The van der Waals surface area contributed by atoms with Crippen LogP contribution >= 0.6 is 11.6 Å². The number of carbonyl (C=O) groups is 1. The summed E-state index contributed by atoms with van der Waals surface area (Å²) in [4.78, 5) is 14.8. The van der Waals surface area contributed by atoms with Gasteiger partial charge in [-0.15, -0.1) is 0 Å². The molecular formula is C21H32ClN3O4S. The molecule has 2 aliphatic rings. The highest BCUT2D eigenvalue weighted by molar-refractivity contribution is 7.89. The summed E-state index contributed by atoms with van der Waals surface area (Å²) in [7, 11) is -3.83. The third kappa shape index (κ3) is 6.65. The van der Waals surface area contributed by atoms with Crippen molar-refractivity contribution < 1.29 is 17.9 Å². The summed E-state index contributed by atoms with van der Waals surface area (Å²) in [6.45, 7) is 6.88. The van der Waals surface area contributed by atoms with E-state index in [0.29, 0.717) is 13.2 Å². The van der Waals surface area contributed by atoms with Gasteiger partial charge in [-0.2, -0.15) is 0 Å². The van der Waals surface area contributed by atoms with Crippen LogP contribution in [0.15, 0.2) is 23.1 Å². The van der Waals surface area contributed by atoms with E-state index in [0.717, 1.165) is 44.8 Å². The molecule has 1 aromatic carbocycles. The molecular weight excluding hydrogens is 426 g/mol. The number of hydrogen-bond acceptors (Lipinski definition) is 5. The molecule has 0 saturated carbocycles. The summed E-state index contributed by atoms with van der Waals surface area (Å²) in [5, 5.41) is 2.97. The highest BCUT2D eigenvalue weighted by atomic mass is 35.5. The Hall–Kier alpha value is -1.19.